The van der Waals surface area contributed by atoms with Crippen molar-refractivity contribution < 1.29 is 13.2 Å². The lowest BCUT2D eigenvalue weighted by Crippen LogP contribution is -2.18. The minimum absolute atomic E-state index is 0.0240. The van der Waals surface area contributed by atoms with Gasteiger partial charge in [-0.1, -0.05) is 31.2 Å². The number of nitrogens with two attached hydrogens (primary N) is 1. The molecule has 3 N–H and O–H groups in total. The van der Waals surface area contributed by atoms with Gasteiger partial charge in [0.05, 0.1) is 16.7 Å². The van der Waals surface area contributed by atoms with Crippen molar-refractivity contribution in [2.75, 3.05) is 12.3 Å². The summed E-state index contributed by atoms with van der Waals surface area (Å²) in [4.78, 5) is 12.3. The van der Waals surface area contributed by atoms with Gasteiger partial charge in [-0.25, -0.2) is 8.42 Å². The van der Waals surface area contributed by atoms with E-state index in [4.69, 9.17) is 5.73 Å². The van der Waals surface area contributed by atoms with Gasteiger partial charge < -0.3 is 11.1 Å². The van der Waals surface area contributed by atoms with Gasteiger partial charge in [-0.05, 0) is 54.3 Å². The first-order valence-corrected chi connectivity index (χ1v) is 11.4. The normalized spacial score (nSPS) is 17.6. The van der Waals surface area contributed by atoms with Crippen LogP contribution in [0, 0.1) is 11.3 Å². The first kappa shape index (κ1) is 21.0. The molecule has 0 saturated carbocycles. The average Bonchev–Trinajstić information content (AvgIpc) is 3.26. The topological polar surface area (TPSA) is 113 Å². The van der Waals surface area contributed by atoms with Crippen molar-refractivity contribution in [2.24, 2.45) is 5.73 Å². The van der Waals surface area contributed by atoms with Crippen LogP contribution in [0.5, 0.6) is 0 Å². The minimum Gasteiger partial charge on any atom is -0.366 e. The summed E-state index contributed by atoms with van der Waals surface area (Å²) in [5.41, 5.74) is 8.55. The molecule has 1 fully saturated rings. The van der Waals surface area contributed by atoms with Crippen LogP contribution >= 0.6 is 0 Å². The van der Waals surface area contributed by atoms with Crippen LogP contribution in [-0.4, -0.2) is 26.6 Å². The third-order valence-corrected chi connectivity index (χ3v) is 7.25. The van der Waals surface area contributed by atoms with Crippen LogP contribution < -0.4 is 11.1 Å². The Balaban J connectivity index is 2.07. The highest BCUT2D eigenvalue weighted by atomic mass is 32.2. The fourth-order valence-corrected chi connectivity index (χ4v) is 4.74. The molecule has 1 heterocycles. The van der Waals surface area contributed by atoms with E-state index in [-0.39, 0.29) is 29.0 Å². The van der Waals surface area contributed by atoms with Gasteiger partial charge in [-0.3, -0.25) is 4.79 Å². The fraction of sp³-hybridized carbons (Fsp3) is 0.364. The van der Waals surface area contributed by atoms with E-state index in [0.717, 1.165) is 30.5 Å². The molecule has 7 heteroatoms. The second kappa shape index (κ2) is 8.76. The van der Waals surface area contributed by atoms with Gasteiger partial charge in [0.25, 0.3) is 0 Å². The number of primary amides is 1. The Labute approximate surface area is 171 Å². The molecule has 1 aliphatic rings. The molecule has 0 aromatic heterocycles. The third kappa shape index (κ3) is 4.50. The first-order chi connectivity index (χ1) is 13.9. The molecule has 1 aliphatic heterocycles. The molecule has 2 aromatic carbocycles. The van der Waals surface area contributed by atoms with Crippen LogP contribution in [0.1, 0.15) is 65.2 Å². The molecule has 29 heavy (non-hydrogen) atoms. The first-order valence-electron chi connectivity index (χ1n) is 9.74. The van der Waals surface area contributed by atoms with E-state index in [1.807, 2.05) is 12.1 Å². The predicted octanol–water partition coefficient (Wildman–Crippen LogP) is 3.05. The Morgan fingerprint density at radius 3 is 2.55 bits per heavy atom. The molecule has 0 bridgehead atoms. The molecule has 2 aromatic rings. The summed E-state index contributed by atoms with van der Waals surface area (Å²) in [6, 6.07) is 14.6. The smallest absolute Gasteiger partial charge is 0.248 e. The van der Waals surface area contributed by atoms with Crippen LogP contribution in [0.25, 0.3) is 0 Å². The molecular formula is C22H25N3O3S. The van der Waals surface area contributed by atoms with E-state index < -0.39 is 15.7 Å². The zero-order valence-corrected chi connectivity index (χ0v) is 17.2. The summed E-state index contributed by atoms with van der Waals surface area (Å²) in [5.74, 6) is -0.891. The number of hydrogen-bond acceptors (Lipinski definition) is 5. The number of nitrogens with one attached hydrogen (secondary N) is 1. The molecule has 6 nitrogen and oxygen atoms in total. The van der Waals surface area contributed by atoms with Crippen molar-refractivity contribution in [3.63, 3.8) is 0 Å². The highest BCUT2D eigenvalue weighted by Gasteiger charge is 2.24. The molecular weight excluding hydrogens is 386 g/mol. The number of amides is 1. The van der Waals surface area contributed by atoms with Gasteiger partial charge >= 0.3 is 0 Å². The van der Waals surface area contributed by atoms with Crippen LogP contribution in [0.3, 0.4) is 0 Å². The number of carbonyl (C=O) groups excluding carboxylic acids is 1. The van der Waals surface area contributed by atoms with Crippen LogP contribution in [0.15, 0.2) is 47.4 Å². The quantitative estimate of drug-likeness (QED) is 0.727. The van der Waals surface area contributed by atoms with E-state index in [1.54, 1.807) is 37.3 Å². The maximum atomic E-state index is 12.1. The maximum Gasteiger partial charge on any atom is 0.248 e. The third-order valence-electron chi connectivity index (χ3n) is 5.50. The predicted molar refractivity (Wildman–Crippen MR) is 111 cm³/mol. The monoisotopic (exact) mass is 411 g/mol. The summed E-state index contributed by atoms with van der Waals surface area (Å²) < 4.78 is 24.2. The van der Waals surface area contributed by atoms with E-state index >= 15 is 0 Å². The summed E-state index contributed by atoms with van der Waals surface area (Å²) >= 11 is 0. The average molecular weight is 412 g/mol. The van der Waals surface area contributed by atoms with Crippen LogP contribution in [0.2, 0.25) is 0 Å². The number of benzene rings is 2. The van der Waals surface area contributed by atoms with Crippen molar-refractivity contribution in [3.8, 4) is 6.07 Å². The molecule has 0 radical (unpaired) electrons. The van der Waals surface area contributed by atoms with E-state index in [1.165, 1.54) is 0 Å². The standard InChI is InChI=1S/C22H25N3O3S/c1-2-29(27,28)17-8-5-15(6-9-17)18(11-12-23)20-14-16(21-4-3-13-25-21)7-10-19(20)22(24)26/h5-10,14,18,21,25H,2-4,11,13H2,1H3,(H2,24,26)/t18-,21?/m0/s1. The number of rotatable bonds is 7. The number of hydrogen-bond donors (Lipinski definition) is 2. The lowest BCUT2D eigenvalue weighted by molar-refractivity contribution is 0.0999. The van der Waals surface area contributed by atoms with Crippen molar-refractivity contribution in [3.05, 3.63) is 64.7 Å². The SMILES string of the molecule is CCS(=O)(=O)c1ccc([C@H](CC#N)c2cc(C3CCCN3)ccc2C(N)=O)cc1. The molecule has 2 atom stereocenters. The summed E-state index contributed by atoms with van der Waals surface area (Å²) in [6.07, 6.45) is 2.26. The molecule has 0 aliphatic carbocycles. The molecule has 1 unspecified atom stereocenters. The molecule has 1 saturated heterocycles. The number of nitrogens with zero attached hydrogens (tertiary/aromatic N) is 1. The Morgan fingerprint density at radius 1 is 1.28 bits per heavy atom. The number of nitriles is 1. The minimum atomic E-state index is -3.30. The highest BCUT2D eigenvalue weighted by Crippen LogP contribution is 2.34. The van der Waals surface area contributed by atoms with Crippen LogP contribution in [-0.2, 0) is 9.84 Å². The second-order valence-corrected chi connectivity index (χ2v) is 9.53. The Bertz CT molecular complexity index is 1030. The summed E-state index contributed by atoms with van der Waals surface area (Å²) in [7, 11) is -3.30. The largest absolute Gasteiger partial charge is 0.366 e. The summed E-state index contributed by atoms with van der Waals surface area (Å²) in [5, 5.41) is 12.9. The summed E-state index contributed by atoms with van der Waals surface area (Å²) in [6.45, 7) is 2.55. The number of sulfone groups is 1. The van der Waals surface area contributed by atoms with Gasteiger partial charge in [0.1, 0.15) is 0 Å². The van der Waals surface area contributed by atoms with Gasteiger partial charge in [-0.2, -0.15) is 5.26 Å². The van der Waals surface area contributed by atoms with Crippen molar-refractivity contribution in [1.82, 2.24) is 5.32 Å². The van der Waals surface area contributed by atoms with Gasteiger partial charge in [-0.15, -0.1) is 0 Å². The number of carbonyl (C=O) groups is 1. The Hall–Kier alpha value is -2.69. The highest BCUT2D eigenvalue weighted by molar-refractivity contribution is 7.91. The molecule has 152 valence electrons. The second-order valence-electron chi connectivity index (χ2n) is 7.25. The van der Waals surface area contributed by atoms with Crippen molar-refractivity contribution in [1.29, 1.82) is 5.26 Å². The van der Waals surface area contributed by atoms with Gasteiger partial charge in [0.15, 0.2) is 9.84 Å². The van der Waals surface area contributed by atoms with Crippen molar-refractivity contribution >= 4 is 15.7 Å². The fourth-order valence-electron chi connectivity index (χ4n) is 3.85. The Kier molecular flexibility index (Phi) is 6.36. The Morgan fingerprint density at radius 2 is 2.00 bits per heavy atom. The van der Waals surface area contributed by atoms with Gasteiger partial charge in [0.2, 0.25) is 5.91 Å². The van der Waals surface area contributed by atoms with E-state index in [0.29, 0.717) is 11.1 Å². The zero-order valence-electron chi connectivity index (χ0n) is 16.4. The maximum absolute atomic E-state index is 12.1. The molecule has 1 amide bonds. The van der Waals surface area contributed by atoms with Gasteiger partial charge in [0, 0.05) is 23.9 Å². The molecule has 3 rings (SSSR count). The molecule has 0 spiro atoms. The lowest BCUT2D eigenvalue weighted by atomic mass is 9.84. The van der Waals surface area contributed by atoms with Crippen LogP contribution in [0.4, 0.5) is 0 Å². The zero-order chi connectivity index (χ0) is 21.0. The lowest BCUT2D eigenvalue weighted by Gasteiger charge is -2.21. The van der Waals surface area contributed by atoms with Crippen molar-refractivity contribution in [2.45, 2.75) is 43.0 Å². The van der Waals surface area contributed by atoms with E-state index in [9.17, 15) is 18.5 Å². The van der Waals surface area contributed by atoms with E-state index in [2.05, 4.69) is 11.4 Å².